The number of hydrogen-bond acceptors (Lipinski definition) is 5. The maximum absolute atomic E-state index is 13.2. The fraction of sp³-hybridized carbons (Fsp3) is 0.0417. The van der Waals surface area contributed by atoms with Crippen LogP contribution in [0.25, 0.3) is 6.08 Å². The number of carbonyl (C=O) groups excluding carboxylic acids is 1. The first-order chi connectivity index (χ1) is 15.0. The molecule has 0 bridgehead atoms. The number of thioether (sulfide) groups is 1. The molecule has 1 N–H and O–H groups in total. The van der Waals surface area contributed by atoms with Crippen molar-refractivity contribution in [3.8, 4) is 5.75 Å². The van der Waals surface area contributed by atoms with E-state index in [0.29, 0.717) is 21.4 Å². The maximum atomic E-state index is 13.2. The number of para-hydroxylation sites is 1. The van der Waals surface area contributed by atoms with E-state index in [1.807, 2.05) is 54.6 Å². The summed E-state index contributed by atoms with van der Waals surface area (Å²) < 4.78 is 5.18. The second-order valence-corrected chi connectivity index (χ2v) is 7.62. The third-order valence-electron chi connectivity index (χ3n) is 4.55. The highest BCUT2D eigenvalue weighted by Crippen LogP contribution is 2.37. The fourth-order valence-electron chi connectivity index (χ4n) is 3.02. The van der Waals surface area contributed by atoms with Gasteiger partial charge in [0.25, 0.3) is 5.91 Å². The minimum absolute atomic E-state index is 0.136. The Labute approximate surface area is 183 Å². The van der Waals surface area contributed by atoms with Crippen LogP contribution in [0, 0.1) is 0 Å². The molecule has 3 aromatic rings. The molecular weight excluding hydrogens is 412 g/mol. The van der Waals surface area contributed by atoms with Gasteiger partial charge in [-0.2, -0.15) is 0 Å². The van der Waals surface area contributed by atoms with Crippen molar-refractivity contribution in [2.24, 2.45) is 4.99 Å². The summed E-state index contributed by atoms with van der Waals surface area (Å²) in [5.74, 6) is -0.489. The molecule has 0 radical (unpaired) electrons. The van der Waals surface area contributed by atoms with Gasteiger partial charge in [-0.15, -0.1) is 0 Å². The minimum atomic E-state index is -1.03. The van der Waals surface area contributed by atoms with Gasteiger partial charge in [-0.3, -0.25) is 9.69 Å². The van der Waals surface area contributed by atoms with Gasteiger partial charge in [0.2, 0.25) is 0 Å². The van der Waals surface area contributed by atoms with Crippen molar-refractivity contribution in [1.29, 1.82) is 0 Å². The number of rotatable bonds is 5. The molecule has 1 heterocycles. The molecule has 6 nitrogen and oxygen atoms in total. The van der Waals surface area contributed by atoms with Crippen LogP contribution in [-0.2, 0) is 4.79 Å². The fourth-order valence-corrected chi connectivity index (χ4v) is 4.02. The van der Waals surface area contributed by atoms with E-state index in [0.717, 1.165) is 11.3 Å². The predicted molar refractivity (Wildman–Crippen MR) is 123 cm³/mol. The van der Waals surface area contributed by atoms with E-state index < -0.39 is 5.97 Å². The Bertz CT molecular complexity index is 1190. The number of anilines is 1. The molecule has 1 fully saturated rings. The van der Waals surface area contributed by atoms with Crippen LogP contribution in [0.15, 0.2) is 88.8 Å². The molecule has 7 heteroatoms. The Balaban J connectivity index is 1.75. The van der Waals surface area contributed by atoms with Crippen LogP contribution in [0.5, 0.6) is 5.75 Å². The first-order valence-electron chi connectivity index (χ1n) is 9.40. The number of carboxylic acids is 1. The number of amides is 1. The predicted octanol–water partition coefficient (Wildman–Crippen LogP) is 5.20. The van der Waals surface area contributed by atoms with E-state index in [4.69, 9.17) is 4.74 Å². The highest BCUT2D eigenvalue weighted by atomic mass is 32.2. The van der Waals surface area contributed by atoms with Gasteiger partial charge in [0.15, 0.2) is 5.17 Å². The highest BCUT2D eigenvalue weighted by Gasteiger charge is 2.34. The normalized spacial score (nSPS) is 16.2. The Kier molecular flexibility index (Phi) is 5.86. The summed E-state index contributed by atoms with van der Waals surface area (Å²) in [6.07, 6.45) is 1.80. The summed E-state index contributed by atoms with van der Waals surface area (Å²) >= 11 is 1.24. The Morgan fingerprint density at radius 3 is 2.45 bits per heavy atom. The summed E-state index contributed by atoms with van der Waals surface area (Å²) in [5, 5.41) is 9.71. The van der Waals surface area contributed by atoms with Crippen molar-refractivity contribution in [1.82, 2.24) is 0 Å². The van der Waals surface area contributed by atoms with Gasteiger partial charge in [0.05, 0.1) is 29.0 Å². The third-order valence-corrected chi connectivity index (χ3v) is 5.52. The van der Waals surface area contributed by atoms with Crippen molar-refractivity contribution in [3.63, 3.8) is 0 Å². The second-order valence-electron chi connectivity index (χ2n) is 6.61. The van der Waals surface area contributed by atoms with Crippen molar-refractivity contribution in [2.75, 3.05) is 12.0 Å². The molecule has 0 atom stereocenters. The van der Waals surface area contributed by atoms with Crippen LogP contribution in [0.4, 0.5) is 11.4 Å². The molecule has 0 aliphatic carbocycles. The largest absolute Gasteiger partial charge is 0.497 e. The lowest BCUT2D eigenvalue weighted by Gasteiger charge is -2.15. The van der Waals surface area contributed by atoms with Gasteiger partial charge < -0.3 is 9.84 Å². The number of carbonyl (C=O) groups is 2. The molecule has 1 saturated heterocycles. The maximum Gasteiger partial charge on any atom is 0.335 e. The van der Waals surface area contributed by atoms with Gasteiger partial charge in [0.1, 0.15) is 5.75 Å². The SMILES string of the molecule is COc1ccc(/C=C2\SC(=Nc3cccc(C(=O)O)c3)N(c3ccccc3)C2=O)cc1. The number of amidine groups is 1. The van der Waals surface area contributed by atoms with E-state index >= 15 is 0 Å². The van der Waals surface area contributed by atoms with E-state index in [1.54, 1.807) is 25.3 Å². The van der Waals surface area contributed by atoms with E-state index in [9.17, 15) is 14.7 Å². The van der Waals surface area contributed by atoms with E-state index in [-0.39, 0.29) is 11.5 Å². The number of aromatic carboxylic acids is 1. The lowest BCUT2D eigenvalue weighted by atomic mass is 10.2. The number of methoxy groups -OCH3 is 1. The number of aliphatic imine (C=N–C) groups is 1. The van der Waals surface area contributed by atoms with Crippen molar-refractivity contribution < 1.29 is 19.4 Å². The molecule has 4 rings (SSSR count). The molecule has 1 aliphatic rings. The number of carboxylic acid groups (broad SMARTS) is 1. The van der Waals surface area contributed by atoms with Crippen molar-refractivity contribution in [2.45, 2.75) is 0 Å². The molecule has 1 aliphatic heterocycles. The van der Waals surface area contributed by atoms with Crippen molar-refractivity contribution >= 4 is 46.3 Å². The Hall–Kier alpha value is -3.84. The summed E-state index contributed by atoms with van der Waals surface area (Å²) in [6.45, 7) is 0. The zero-order valence-corrected chi connectivity index (χ0v) is 17.4. The quantitative estimate of drug-likeness (QED) is 0.563. The average Bonchev–Trinajstić information content (AvgIpc) is 3.09. The molecule has 0 unspecified atom stereocenters. The lowest BCUT2D eigenvalue weighted by molar-refractivity contribution is -0.113. The van der Waals surface area contributed by atoms with Gasteiger partial charge in [-0.25, -0.2) is 9.79 Å². The smallest absolute Gasteiger partial charge is 0.335 e. The van der Waals surface area contributed by atoms with Gasteiger partial charge in [-0.1, -0.05) is 36.4 Å². The number of benzene rings is 3. The average molecular weight is 430 g/mol. The number of hydrogen-bond donors (Lipinski definition) is 1. The first kappa shape index (κ1) is 20.4. The number of nitrogens with zero attached hydrogens (tertiary/aromatic N) is 2. The molecule has 0 saturated carbocycles. The summed E-state index contributed by atoms with van der Waals surface area (Å²) in [5.41, 5.74) is 2.14. The monoisotopic (exact) mass is 430 g/mol. The summed E-state index contributed by atoms with van der Waals surface area (Å²) in [7, 11) is 1.60. The van der Waals surface area contributed by atoms with Gasteiger partial charge >= 0.3 is 5.97 Å². The highest BCUT2D eigenvalue weighted by molar-refractivity contribution is 8.19. The lowest BCUT2D eigenvalue weighted by Crippen LogP contribution is -2.28. The van der Waals surface area contributed by atoms with Crippen LogP contribution in [0.1, 0.15) is 15.9 Å². The molecule has 1 amide bonds. The standard InChI is InChI=1S/C24H18N2O4S/c1-30-20-12-10-16(11-13-20)14-21-22(27)26(19-8-3-2-4-9-19)24(31-21)25-18-7-5-6-17(15-18)23(28)29/h2-15H,1H3,(H,28,29)/b21-14-,25-24?. The van der Waals surface area contributed by atoms with Gasteiger partial charge in [0, 0.05) is 0 Å². The van der Waals surface area contributed by atoms with E-state index in [1.165, 1.54) is 28.8 Å². The summed E-state index contributed by atoms with van der Waals surface area (Å²) in [6, 6.07) is 23.0. The zero-order valence-electron chi connectivity index (χ0n) is 16.6. The molecule has 31 heavy (non-hydrogen) atoms. The summed E-state index contributed by atoms with van der Waals surface area (Å²) in [4.78, 5) is 31.2. The van der Waals surface area contributed by atoms with Crippen LogP contribution in [0.2, 0.25) is 0 Å². The van der Waals surface area contributed by atoms with E-state index in [2.05, 4.69) is 4.99 Å². The van der Waals surface area contributed by atoms with Crippen LogP contribution >= 0.6 is 11.8 Å². The molecule has 3 aromatic carbocycles. The second kappa shape index (κ2) is 8.89. The van der Waals surface area contributed by atoms with Crippen molar-refractivity contribution in [3.05, 3.63) is 94.9 Å². The molecule has 154 valence electrons. The van der Waals surface area contributed by atoms with Gasteiger partial charge in [-0.05, 0) is 65.9 Å². The Morgan fingerprint density at radius 1 is 1.03 bits per heavy atom. The minimum Gasteiger partial charge on any atom is -0.497 e. The first-order valence-corrected chi connectivity index (χ1v) is 10.2. The zero-order chi connectivity index (χ0) is 21.8. The van der Waals surface area contributed by atoms with Crippen LogP contribution in [-0.4, -0.2) is 29.3 Å². The topological polar surface area (TPSA) is 79.2 Å². The third kappa shape index (κ3) is 4.51. The van der Waals surface area contributed by atoms with Crippen LogP contribution < -0.4 is 9.64 Å². The molecular formula is C24H18N2O4S. The molecule has 0 spiro atoms. The molecule has 0 aromatic heterocycles. The Morgan fingerprint density at radius 2 is 1.77 bits per heavy atom. The van der Waals surface area contributed by atoms with Crippen LogP contribution in [0.3, 0.4) is 0 Å². The number of ether oxygens (including phenoxy) is 1.